The first-order chi connectivity index (χ1) is 11.8. The van der Waals surface area contributed by atoms with Gasteiger partial charge in [-0.3, -0.25) is 4.90 Å². The Bertz CT molecular complexity index is 765. The van der Waals surface area contributed by atoms with Crippen LogP contribution in [0.5, 0.6) is 0 Å². The lowest BCUT2D eigenvalue weighted by Gasteiger charge is -2.30. The summed E-state index contributed by atoms with van der Waals surface area (Å²) in [7, 11) is 0. The predicted octanol–water partition coefficient (Wildman–Crippen LogP) is 4.54. The van der Waals surface area contributed by atoms with Crippen molar-refractivity contribution in [2.45, 2.75) is 26.3 Å². The van der Waals surface area contributed by atoms with Crippen LogP contribution in [0.2, 0.25) is 0 Å². The maximum absolute atomic E-state index is 4.56. The molecule has 0 saturated carbocycles. The average Bonchev–Trinajstić information content (AvgIpc) is 3.01. The fourth-order valence-corrected chi connectivity index (χ4v) is 3.32. The number of hydrogen-bond donors (Lipinski definition) is 2. The number of para-hydroxylation sites is 2. The van der Waals surface area contributed by atoms with Gasteiger partial charge in [-0.2, -0.15) is 0 Å². The second-order valence-corrected chi connectivity index (χ2v) is 6.88. The Hall–Kier alpha value is -2.33. The number of likely N-dealkylation sites (tertiary alicyclic amines) is 1. The molecule has 0 bridgehead atoms. The fraction of sp³-hybridized carbons (Fsp3) is 0.350. The van der Waals surface area contributed by atoms with Crippen molar-refractivity contribution in [3.8, 4) is 0 Å². The quantitative estimate of drug-likeness (QED) is 0.742. The molecule has 0 radical (unpaired) electrons. The number of hydrogen-bond acceptors (Lipinski definition) is 3. The lowest BCUT2D eigenvalue weighted by molar-refractivity contribution is 0.185. The molecule has 124 valence electrons. The van der Waals surface area contributed by atoms with Crippen LogP contribution < -0.4 is 5.32 Å². The van der Waals surface area contributed by atoms with Crippen molar-refractivity contribution in [1.29, 1.82) is 0 Å². The van der Waals surface area contributed by atoms with Crippen LogP contribution in [0.15, 0.2) is 48.5 Å². The number of aromatic amines is 1. The Labute approximate surface area is 142 Å². The third-order valence-electron chi connectivity index (χ3n) is 4.89. The number of anilines is 2. The van der Waals surface area contributed by atoms with Gasteiger partial charge < -0.3 is 10.3 Å². The monoisotopic (exact) mass is 320 g/mol. The van der Waals surface area contributed by atoms with Crippen LogP contribution in [0, 0.1) is 5.92 Å². The summed E-state index contributed by atoms with van der Waals surface area (Å²) in [5.74, 6) is 1.67. The second-order valence-electron chi connectivity index (χ2n) is 6.88. The largest absolute Gasteiger partial charge is 0.326 e. The molecular weight excluding hydrogens is 296 g/mol. The maximum atomic E-state index is 4.56. The van der Waals surface area contributed by atoms with Crippen molar-refractivity contribution in [2.24, 2.45) is 5.92 Å². The van der Waals surface area contributed by atoms with Gasteiger partial charge >= 0.3 is 0 Å². The molecule has 4 heteroatoms. The van der Waals surface area contributed by atoms with E-state index in [1.807, 2.05) is 24.3 Å². The molecule has 0 spiro atoms. The van der Waals surface area contributed by atoms with Gasteiger partial charge in [-0.05, 0) is 61.7 Å². The third-order valence-corrected chi connectivity index (χ3v) is 4.89. The zero-order chi connectivity index (χ0) is 16.4. The van der Waals surface area contributed by atoms with E-state index in [9.17, 15) is 0 Å². The van der Waals surface area contributed by atoms with E-state index in [4.69, 9.17) is 0 Å². The summed E-state index contributed by atoms with van der Waals surface area (Å²) in [6, 6.07) is 16.8. The lowest BCUT2D eigenvalue weighted by atomic mass is 9.99. The number of nitrogens with zero attached hydrogens (tertiary/aromatic N) is 2. The Balaban J connectivity index is 1.40. The van der Waals surface area contributed by atoms with E-state index in [2.05, 4.69) is 51.4 Å². The van der Waals surface area contributed by atoms with Gasteiger partial charge in [0.25, 0.3) is 0 Å². The molecule has 0 aliphatic carbocycles. The molecule has 1 aliphatic heterocycles. The van der Waals surface area contributed by atoms with Gasteiger partial charge in [-0.15, -0.1) is 0 Å². The van der Waals surface area contributed by atoms with Gasteiger partial charge in [-0.25, -0.2) is 4.98 Å². The highest BCUT2D eigenvalue weighted by molar-refractivity contribution is 5.78. The molecule has 1 aromatic heterocycles. The summed E-state index contributed by atoms with van der Waals surface area (Å²) >= 11 is 0. The molecule has 1 saturated heterocycles. The SMILES string of the molecule is CC1CCN(Cc2ccc(Nc3nc4ccccc4[nH]3)cc2)CC1. The molecule has 3 aromatic rings. The first-order valence-electron chi connectivity index (χ1n) is 8.79. The van der Waals surface area contributed by atoms with Crippen molar-refractivity contribution in [1.82, 2.24) is 14.9 Å². The van der Waals surface area contributed by atoms with Gasteiger partial charge in [0, 0.05) is 12.2 Å². The number of H-pyrrole nitrogens is 1. The zero-order valence-electron chi connectivity index (χ0n) is 14.1. The summed E-state index contributed by atoms with van der Waals surface area (Å²) in [5.41, 5.74) is 4.47. The van der Waals surface area contributed by atoms with Crippen molar-refractivity contribution >= 4 is 22.7 Å². The standard InChI is InChI=1S/C20H24N4/c1-15-10-12-24(13-11-15)14-16-6-8-17(9-7-16)21-20-22-18-4-2-3-5-19(18)23-20/h2-9,15H,10-14H2,1H3,(H2,21,22,23). The minimum atomic E-state index is 0.786. The Morgan fingerprint density at radius 3 is 2.58 bits per heavy atom. The highest BCUT2D eigenvalue weighted by atomic mass is 15.1. The molecular formula is C20H24N4. The van der Waals surface area contributed by atoms with E-state index >= 15 is 0 Å². The van der Waals surface area contributed by atoms with E-state index in [1.54, 1.807) is 0 Å². The number of nitrogens with one attached hydrogen (secondary N) is 2. The molecule has 2 heterocycles. The normalized spacial score (nSPS) is 16.5. The van der Waals surface area contributed by atoms with Gasteiger partial charge in [0.2, 0.25) is 5.95 Å². The predicted molar refractivity (Wildman–Crippen MR) is 99.5 cm³/mol. The van der Waals surface area contributed by atoms with Crippen LogP contribution >= 0.6 is 0 Å². The smallest absolute Gasteiger partial charge is 0.205 e. The Morgan fingerprint density at radius 1 is 1.08 bits per heavy atom. The minimum Gasteiger partial charge on any atom is -0.326 e. The second kappa shape index (κ2) is 6.65. The zero-order valence-corrected chi connectivity index (χ0v) is 14.1. The van der Waals surface area contributed by atoms with E-state index in [-0.39, 0.29) is 0 Å². The Morgan fingerprint density at radius 2 is 1.83 bits per heavy atom. The fourth-order valence-electron chi connectivity index (χ4n) is 3.32. The summed E-state index contributed by atoms with van der Waals surface area (Å²) in [5, 5.41) is 3.35. The van der Waals surface area contributed by atoms with Crippen molar-refractivity contribution < 1.29 is 0 Å². The van der Waals surface area contributed by atoms with Gasteiger partial charge in [0.1, 0.15) is 0 Å². The van der Waals surface area contributed by atoms with Gasteiger partial charge in [0.05, 0.1) is 11.0 Å². The minimum absolute atomic E-state index is 0.786. The van der Waals surface area contributed by atoms with Crippen LogP contribution in [0.3, 0.4) is 0 Å². The molecule has 0 amide bonds. The number of imidazole rings is 1. The van der Waals surface area contributed by atoms with Gasteiger partial charge in [0.15, 0.2) is 0 Å². The molecule has 2 aromatic carbocycles. The lowest BCUT2D eigenvalue weighted by Crippen LogP contribution is -2.32. The van der Waals surface area contributed by atoms with Crippen LogP contribution in [0.1, 0.15) is 25.3 Å². The maximum Gasteiger partial charge on any atom is 0.205 e. The number of benzene rings is 2. The number of rotatable bonds is 4. The van der Waals surface area contributed by atoms with Crippen LogP contribution in [-0.2, 0) is 6.54 Å². The third kappa shape index (κ3) is 3.44. The first-order valence-corrected chi connectivity index (χ1v) is 8.79. The molecule has 1 aliphatic rings. The number of piperidine rings is 1. The van der Waals surface area contributed by atoms with Crippen molar-refractivity contribution in [3.63, 3.8) is 0 Å². The summed E-state index contributed by atoms with van der Waals surface area (Å²) in [6.45, 7) is 5.85. The molecule has 4 nitrogen and oxygen atoms in total. The van der Waals surface area contributed by atoms with Gasteiger partial charge in [-0.1, -0.05) is 31.2 Å². The highest BCUT2D eigenvalue weighted by Gasteiger charge is 2.15. The number of aromatic nitrogens is 2. The van der Waals surface area contributed by atoms with E-state index in [0.717, 1.165) is 35.1 Å². The molecule has 2 N–H and O–H groups in total. The molecule has 24 heavy (non-hydrogen) atoms. The summed E-state index contributed by atoms with van der Waals surface area (Å²) in [6.07, 6.45) is 2.65. The molecule has 0 unspecified atom stereocenters. The highest BCUT2D eigenvalue weighted by Crippen LogP contribution is 2.21. The molecule has 1 fully saturated rings. The summed E-state index contributed by atoms with van der Waals surface area (Å²) < 4.78 is 0. The topological polar surface area (TPSA) is 44.0 Å². The molecule has 0 atom stereocenters. The van der Waals surface area contributed by atoms with E-state index in [1.165, 1.54) is 31.5 Å². The van der Waals surface area contributed by atoms with Crippen molar-refractivity contribution in [3.05, 3.63) is 54.1 Å². The van der Waals surface area contributed by atoms with E-state index in [0.29, 0.717) is 0 Å². The molecule has 4 rings (SSSR count). The summed E-state index contributed by atoms with van der Waals surface area (Å²) in [4.78, 5) is 10.4. The number of fused-ring (bicyclic) bond motifs is 1. The van der Waals surface area contributed by atoms with Crippen LogP contribution in [0.25, 0.3) is 11.0 Å². The average molecular weight is 320 g/mol. The van der Waals surface area contributed by atoms with Crippen molar-refractivity contribution in [2.75, 3.05) is 18.4 Å². The van der Waals surface area contributed by atoms with Crippen LogP contribution in [-0.4, -0.2) is 28.0 Å². The van der Waals surface area contributed by atoms with E-state index < -0.39 is 0 Å². The Kier molecular flexibility index (Phi) is 4.22. The van der Waals surface area contributed by atoms with Crippen LogP contribution in [0.4, 0.5) is 11.6 Å². The first kappa shape index (κ1) is 15.2.